The first-order chi connectivity index (χ1) is 5.81. The summed E-state index contributed by atoms with van der Waals surface area (Å²) >= 11 is 0. The third-order valence-corrected chi connectivity index (χ3v) is 1.32. The van der Waals surface area contributed by atoms with Crippen molar-refractivity contribution in [2.45, 2.75) is 26.2 Å². The lowest BCUT2D eigenvalue weighted by Gasteiger charge is -1.93. The predicted molar refractivity (Wildman–Crippen MR) is 50.1 cm³/mol. The second-order valence-corrected chi connectivity index (χ2v) is 2.37. The molecule has 68 valence electrons. The minimum atomic E-state index is -0.126. The summed E-state index contributed by atoms with van der Waals surface area (Å²) in [5.41, 5.74) is 2.08. The van der Waals surface area contributed by atoms with Crippen LogP contribution in [0.3, 0.4) is 0 Å². The smallest absolute Gasteiger partial charge is 0.234 e. The summed E-state index contributed by atoms with van der Waals surface area (Å²) in [6.07, 6.45) is 10.1. The van der Waals surface area contributed by atoms with Gasteiger partial charge in [0.25, 0.3) is 0 Å². The van der Waals surface area contributed by atoms with Gasteiger partial charge in [0.2, 0.25) is 5.91 Å². The molecule has 0 aliphatic rings. The lowest BCUT2D eigenvalue weighted by atomic mass is 10.2. The van der Waals surface area contributed by atoms with E-state index in [-0.39, 0.29) is 5.91 Å². The highest BCUT2D eigenvalue weighted by atomic mass is 16.2. The van der Waals surface area contributed by atoms with Gasteiger partial charge in [-0.2, -0.15) is 0 Å². The molecule has 3 heteroatoms. The maximum atomic E-state index is 10.6. The Bertz CT molecular complexity index is 173. The van der Waals surface area contributed by atoms with Gasteiger partial charge in [-0.15, -0.1) is 0 Å². The molecule has 0 aromatic heterocycles. The van der Waals surface area contributed by atoms with Crippen molar-refractivity contribution in [2.24, 2.45) is 5.84 Å². The summed E-state index contributed by atoms with van der Waals surface area (Å²) in [4.78, 5) is 10.6. The molecule has 0 saturated carbocycles. The average Bonchev–Trinajstić information content (AvgIpc) is 2.10. The molecule has 12 heavy (non-hydrogen) atoms. The van der Waals surface area contributed by atoms with E-state index in [1.165, 1.54) is 0 Å². The molecule has 0 atom stereocenters. The van der Waals surface area contributed by atoms with Crippen molar-refractivity contribution >= 4 is 5.91 Å². The zero-order chi connectivity index (χ0) is 9.23. The largest absolute Gasteiger partial charge is 0.294 e. The molecule has 0 aromatic carbocycles. The Morgan fingerprint density at radius 3 is 2.67 bits per heavy atom. The minimum absolute atomic E-state index is 0.126. The van der Waals surface area contributed by atoms with Crippen LogP contribution in [0.25, 0.3) is 0 Å². The Kier molecular flexibility index (Phi) is 7.28. The summed E-state index contributed by atoms with van der Waals surface area (Å²) in [6, 6.07) is 0. The quantitative estimate of drug-likeness (QED) is 0.281. The van der Waals surface area contributed by atoms with Gasteiger partial charge in [0, 0.05) is 6.42 Å². The Labute approximate surface area is 73.3 Å². The van der Waals surface area contributed by atoms with Crippen LogP contribution in [0.2, 0.25) is 0 Å². The number of nitrogens with two attached hydrogens (primary N) is 1. The minimum Gasteiger partial charge on any atom is -0.294 e. The highest BCUT2D eigenvalue weighted by molar-refractivity contribution is 5.75. The molecule has 3 N–H and O–H groups in total. The van der Waals surface area contributed by atoms with Gasteiger partial charge in [0.1, 0.15) is 0 Å². The van der Waals surface area contributed by atoms with E-state index in [4.69, 9.17) is 5.84 Å². The molecule has 3 nitrogen and oxygen atoms in total. The number of amides is 1. The average molecular weight is 168 g/mol. The van der Waals surface area contributed by atoms with Crippen LogP contribution in [-0.2, 0) is 4.79 Å². The molecule has 0 aliphatic carbocycles. The predicted octanol–water partition coefficient (Wildman–Crippen LogP) is 1.28. The topological polar surface area (TPSA) is 55.1 Å². The van der Waals surface area contributed by atoms with Crippen LogP contribution in [0.5, 0.6) is 0 Å². The summed E-state index contributed by atoms with van der Waals surface area (Å²) < 4.78 is 0. The number of rotatable bonds is 5. The number of hydrogen-bond donors (Lipinski definition) is 2. The fourth-order valence-electron chi connectivity index (χ4n) is 0.676. The third kappa shape index (κ3) is 7.02. The first kappa shape index (κ1) is 10.9. The molecule has 0 fully saturated rings. The van der Waals surface area contributed by atoms with Crippen molar-refractivity contribution in [3.8, 4) is 0 Å². The Morgan fingerprint density at radius 1 is 1.42 bits per heavy atom. The van der Waals surface area contributed by atoms with Crippen molar-refractivity contribution in [3.63, 3.8) is 0 Å². The van der Waals surface area contributed by atoms with Crippen molar-refractivity contribution < 1.29 is 4.79 Å². The Hall–Kier alpha value is -1.09. The molecule has 0 saturated heterocycles. The van der Waals surface area contributed by atoms with E-state index in [9.17, 15) is 4.79 Å². The number of carbonyl (C=O) groups is 1. The van der Waals surface area contributed by atoms with Crippen LogP contribution in [0, 0.1) is 0 Å². The zero-order valence-corrected chi connectivity index (χ0v) is 7.42. The number of hydrogen-bond acceptors (Lipinski definition) is 2. The monoisotopic (exact) mass is 168 g/mol. The molecule has 0 heterocycles. The third-order valence-electron chi connectivity index (χ3n) is 1.32. The number of hydrazine groups is 1. The lowest BCUT2D eigenvalue weighted by molar-refractivity contribution is -0.121. The summed E-state index contributed by atoms with van der Waals surface area (Å²) in [5.74, 6) is 4.77. The van der Waals surface area contributed by atoms with Crippen molar-refractivity contribution in [1.29, 1.82) is 0 Å². The fraction of sp³-hybridized carbons (Fsp3) is 0.444. The van der Waals surface area contributed by atoms with E-state index in [0.29, 0.717) is 6.42 Å². The van der Waals surface area contributed by atoms with E-state index in [0.717, 1.165) is 12.8 Å². The van der Waals surface area contributed by atoms with Crippen LogP contribution in [0.15, 0.2) is 24.3 Å². The number of carbonyl (C=O) groups excluding carboxylic acids is 1. The van der Waals surface area contributed by atoms with Gasteiger partial charge < -0.3 is 0 Å². The van der Waals surface area contributed by atoms with E-state index in [1.807, 2.05) is 18.2 Å². The number of allylic oxidation sites excluding steroid dienone is 4. The number of nitrogens with one attached hydrogen (secondary N) is 1. The van der Waals surface area contributed by atoms with Crippen LogP contribution >= 0.6 is 0 Å². The fourth-order valence-corrected chi connectivity index (χ4v) is 0.676. The zero-order valence-electron chi connectivity index (χ0n) is 7.42. The second-order valence-electron chi connectivity index (χ2n) is 2.37. The van der Waals surface area contributed by atoms with Crippen molar-refractivity contribution in [2.75, 3.05) is 0 Å². The van der Waals surface area contributed by atoms with Crippen LogP contribution in [0.4, 0.5) is 0 Å². The van der Waals surface area contributed by atoms with Crippen LogP contribution in [0.1, 0.15) is 26.2 Å². The van der Waals surface area contributed by atoms with Gasteiger partial charge in [-0.1, -0.05) is 31.2 Å². The molecule has 0 unspecified atom stereocenters. The van der Waals surface area contributed by atoms with Crippen LogP contribution in [-0.4, -0.2) is 5.91 Å². The van der Waals surface area contributed by atoms with E-state index in [1.54, 1.807) is 0 Å². The van der Waals surface area contributed by atoms with E-state index < -0.39 is 0 Å². The SMILES string of the molecule is CC/C=C\C=C/CCC(=O)NN. The molecule has 0 rings (SSSR count). The van der Waals surface area contributed by atoms with Gasteiger partial charge in [-0.05, 0) is 12.8 Å². The highest BCUT2D eigenvalue weighted by Gasteiger charge is 1.92. The molecule has 0 aliphatic heterocycles. The molecular weight excluding hydrogens is 152 g/mol. The first-order valence-corrected chi connectivity index (χ1v) is 4.12. The van der Waals surface area contributed by atoms with E-state index >= 15 is 0 Å². The Morgan fingerprint density at radius 2 is 2.08 bits per heavy atom. The molecule has 0 spiro atoms. The van der Waals surface area contributed by atoms with Crippen molar-refractivity contribution in [3.05, 3.63) is 24.3 Å². The van der Waals surface area contributed by atoms with Gasteiger partial charge >= 0.3 is 0 Å². The Balaban J connectivity index is 3.36. The summed E-state index contributed by atoms with van der Waals surface area (Å²) in [5, 5.41) is 0. The van der Waals surface area contributed by atoms with Crippen molar-refractivity contribution in [1.82, 2.24) is 5.43 Å². The van der Waals surface area contributed by atoms with E-state index in [2.05, 4.69) is 18.4 Å². The highest BCUT2D eigenvalue weighted by Crippen LogP contribution is 1.91. The normalized spacial score (nSPS) is 11.2. The molecular formula is C9H16N2O. The maximum absolute atomic E-state index is 10.6. The summed E-state index contributed by atoms with van der Waals surface area (Å²) in [7, 11) is 0. The lowest BCUT2D eigenvalue weighted by Crippen LogP contribution is -2.29. The van der Waals surface area contributed by atoms with Gasteiger partial charge in [-0.25, -0.2) is 5.84 Å². The molecule has 0 radical (unpaired) electrons. The maximum Gasteiger partial charge on any atom is 0.234 e. The molecule has 0 bridgehead atoms. The van der Waals surface area contributed by atoms with Gasteiger partial charge in [0.15, 0.2) is 0 Å². The molecule has 1 amide bonds. The van der Waals surface area contributed by atoms with Gasteiger partial charge in [-0.3, -0.25) is 10.2 Å². The second kappa shape index (κ2) is 8.01. The van der Waals surface area contributed by atoms with Gasteiger partial charge in [0.05, 0.1) is 0 Å². The van der Waals surface area contributed by atoms with Crippen LogP contribution < -0.4 is 11.3 Å². The summed E-state index contributed by atoms with van der Waals surface area (Å²) in [6.45, 7) is 2.08. The standard InChI is InChI=1S/C9H16N2O/c1-2-3-4-5-6-7-8-9(12)11-10/h3-6H,2,7-8,10H2,1H3,(H,11,12)/b4-3-,6-5-. The molecule has 0 aromatic rings. The first-order valence-electron chi connectivity index (χ1n) is 4.12.